The summed E-state index contributed by atoms with van der Waals surface area (Å²) >= 11 is 0. The molecule has 3 aromatic rings. The van der Waals surface area contributed by atoms with E-state index in [0.29, 0.717) is 30.4 Å². The number of ether oxygens (including phenoxy) is 1. The van der Waals surface area contributed by atoms with E-state index >= 15 is 0 Å². The average Bonchev–Trinajstić information content (AvgIpc) is 3.34. The molecule has 0 aliphatic carbocycles. The number of para-hydroxylation sites is 1. The third kappa shape index (κ3) is 3.65. The van der Waals surface area contributed by atoms with Crippen LogP contribution in [0, 0.1) is 0 Å². The molecule has 26 heavy (non-hydrogen) atoms. The molecule has 1 atom stereocenters. The number of rotatable bonds is 5. The molecule has 8 heteroatoms. The Hall–Kier alpha value is -3.00. The fraction of sp³-hybridized carbons (Fsp3) is 0.333. The number of fused-ring (bicyclic) bond motifs is 1. The number of carbonyl (C=O) groups excluding carboxylic acids is 1. The molecule has 2 aromatic heterocycles. The van der Waals surface area contributed by atoms with Crippen LogP contribution in [0.25, 0.3) is 10.9 Å². The van der Waals surface area contributed by atoms with Crippen molar-refractivity contribution < 1.29 is 14.1 Å². The van der Waals surface area contributed by atoms with Crippen LogP contribution in [0.5, 0.6) is 0 Å². The predicted molar refractivity (Wildman–Crippen MR) is 94.7 cm³/mol. The van der Waals surface area contributed by atoms with Gasteiger partial charge in [0.25, 0.3) is 5.89 Å². The van der Waals surface area contributed by atoms with Crippen LogP contribution in [0.4, 0.5) is 10.5 Å². The van der Waals surface area contributed by atoms with Crippen LogP contribution >= 0.6 is 0 Å². The molecule has 4 rings (SSSR count). The first-order chi connectivity index (χ1) is 12.8. The van der Waals surface area contributed by atoms with Crippen molar-refractivity contribution in [1.29, 1.82) is 0 Å². The SMILES string of the molecule is O=C(NCCc1noc([C@@H]2CCCO2)n1)Nc1cccc2cccnc12. The maximum atomic E-state index is 12.1. The van der Waals surface area contributed by atoms with Gasteiger partial charge in [-0.15, -0.1) is 0 Å². The first-order valence-corrected chi connectivity index (χ1v) is 8.62. The molecular formula is C18H19N5O3. The van der Waals surface area contributed by atoms with Crippen molar-refractivity contribution in [2.45, 2.75) is 25.4 Å². The van der Waals surface area contributed by atoms with Gasteiger partial charge in [-0.2, -0.15) is 4.98 Å². The van der Waals surface area contributed by atoms with Crippen molar-refractivity contribution in [2.24, 2.45) is 0 Å². The van der Waals surface area contributed by atoms with Gasteiger partial charge in [0.1, 0.15) is 6.10 Å². The van der Waals surface area contributed by atoms with Gasteiger partial charge in [0.15, 0.2) is 5.82 Å². The lowest BCUT2D eigenvalue weighted by Gasteiger charge is -2.08. The largest absolute Gasteiger partial charge is 0.368 e. The van der Waals surface area contributed by atoms with Gasteiger partial charge < -0.3 is 19.9 Å². The first kappa shape index (κ1) is 16.5. The second kappa shape index (κ2) is 7.49. The number of nitrogens with one attached hydrogen (secondary N) is 2. The Bertz CT molecular complexity index is 899. The maximum Gasteiger partial charge on any atom is 0.319 e. The Kier molecular flexibility index (Phi) is 4.74. The van der Waals surface area contributed by atoms with Crippen molar-refractivity contribution in [1.82, 2.24) is 20.4 Å². The number of urea groups is 1. The molecule has 1 fully saturated rings. The molecule has 3 heterocycles. The Morgan fingerprint density at radius 3 is 3.08 bits per heavy atom. The minimum atomic E-state index is -0.300. The summed E-state index contributed by atoms with van der Waals surface area (Å²) in [6.07, 6.45) is 4.01. The Balaban J connectivity index is 1.30. The molecule has 134 valence electrons. The van der Waals surface area contributed by atoms with Gasteiger partial charge >= 0.3 is 6.03 Å². The van der Waals surface area contributed by atoms with E-state index in [0.717, 1.165) is 30.4 Å². The van der Waals surface area contributed by atoms with Gasteiger partial charge in [0.05, 0.1) is 11.2 Å². The van der Waals surface area contributed by atoms with Gasteiger partial charge in [-0.3, -0.25) is 4.98 Å². The minimum Gasteiger partial charge on any atom is -0.368 e. The maximum absolute atomic E-state index is 12.1. The zero-order valence-corrected chi connectivity index (χ0v) is 14.1. The van der Waals surface area contributed by atoms with Gasteiger partial charge in [0.2, 0.25) is 0 Å². The monoisotopic (exact) mass is 353 g/mol. The quantitative estimate of drug-likeness (QED) is 0.731. The fourth-order valence-corrected chi connectivity index (χ4v) is 2.93. The summed E-state index contributed by atoms with van der Waals surface area (Å²) in [6.45, 7) is 1.13. The summed E-state index contributed by atoms with van der Waals surface area (Å²) in [5, 5.41) is 10.5. The lowest BCUT2D eigenvalue weighted by molar-refractivity contribution is 0.0835. The fourth-order valence-electron chi connectivity index (χ4n) is 2.93. The number of amides is 2. The third-order valence-corrected chi connectivity index (χ3v) is 4.20. The lowest BCUT2D eigenvalue weighted by Crippen LogP contribution is -2.30. The Labute approximate surface area is 149 Å². The van der Waals surface area contributed by atoms with Crippen LogP contribution < -0.4 is 10.6 Å². The number of pyridine rings is 1. The van der Waals surface area contributed by atoms with Crippen molar-refractivity contribution in [3.8, 4) is 0 Å². The molecule has 0 unspecified atom stereocenters. The van der Waals surface area contributed by atoms with Gasteiger partial charge in [0, 0.05) is 31.2 Å². The normalized spacial score (nSPS) is 16.7. The summed E-state index contributed by atoms with van der Waals surface area (Å²) in [5.74, 6) is 1.08. The standard InChI is InChI=1S/C18H19N5O3/c24-18(21-13-6-1-4-12-5-2-9-19-16(12)13)20-10-8-15-22-17(26-23-15)14-7-3-11-25-14/h1-2,4-6,9,14H,3,7-8,10-11H2,(H2,20,21,24)/t14-/m0/s1. The smallest absolute Gasteiger partial charge is 0.319 e. The number of nitrogens with zero attached hydrogens (tertiary/aromatic N) is 3. The molecule has 2 N–H and O–H groups in total. The van der Waals surface area contributed by atoms with E-state index in [9.17, 15) is 4.79 Å². The first-order valence-electron chi connectivity index (χ1n) is 8.62. The van der Waals surface area contributed by atoms with Crippen LogP contribution in [0.2, 0.25) is 0 Å². The van der Waals surface area contributed by atoms with Gasteiger partial charge in [-0.1, -0.05) is 23.4 Å². The van der Waals surface area contributed by atoms with Crippen LogP contribution in [0.3, 0.4) is 0 Å². The van der Waals surface area contributed by atoms with Crippen LogP contribution in [-0.4, -0.2) is 34.3 Å². The zero-order valence-electron chi connectivity index (χ0n) is 14.1. The summed E-state index contributed by atoms with van der Waals surface area (Å²) < 4.78 is 10.7. The molecule has 0 radical (unpaired) electrons. The summed E-state index contributed by atoms with van der Waals surface area (Å²) in [6, 6.07) is 9.17. The number of hydrogen-bond acceptors (Lipinski definition) is 6. The van der Waals surface area contributed by atoms with Gasteiger partial charge in [-0.05, 0) is 25.0 Å². The van der Waals surface area contributed by atoms with Crippen molar-refractivity contribution in [2.75, 3.05) is 18.5 Å². The summed E-state index contributed by atoms with van der Waals surface area (Å²) in [4.78, 5) is 20.8. The summed E-state index contributed by atoms with van der Waals surface area (Å²) in [5.41, 5.74) is 1.42. The highest BCUT2D eigenvalue weighted by molar-refractivity contribution is 5.99. The second-order valence-electron chi connectivity index (χ2n) is 6.06. The molecule has 0 bridgehead atoms. The Morgan fingerprint density at radius 1 is 1.27 bits per heavy atom. The number of anilines is 1. The van der Waals surface area contributed by atoms with Gasteiger partial charge in [-0.25, -0.2) is 4.79 Å². The number of aromatic nitrogens is 3. The molecule has 1 aliphatic rings. The lowest BCUT2D eigenvalue weighted by atomic mass is 10.2. The molecular weight excluding hydrogens is 334 g/mol. The molecule has 0 saturated carbocycles. The predicted octanol–water partition coefficient (Wildman–Crippen LogP) is 2.83. The highest BCUT2D eigenvalue weighted by atomic mass is 16.5. The van der Waals surface area contributed by atoms with E-state index in [1.807, 2.05) is 30.3 Å². The minimum absolute atomic E-state index is 0.0913. The van der Waals surface area contributed by atoms with E-state index in [-0.39, 0.29) is 12.1 Å². The molecule has 2 amide bonds. The van der Waals surface area contributed by atoms with Crippen LogP contribution in [0.15, 0.2) is 41.1 Å². The van der Waals surface area contributed by atoms with E-state index < -0.39 is 0 Å². The molecule has 8 nitrogen and oxygen atoms in total. The molecule has 1 aliphatic heterocycles. The van der Waals surface area contributed by atoms with Crippen LogP contribution in [0.1, 0.15) is 30.7 Å². The molecule has 1 aromatic carbocycles. The zero-order chi connectivity index (χ0) is 17.8. The van der Waals surface area contributed by atoms with Crippen molar-refractivity contribution in [3.63, 3.8) is 0 Å². The topological polar surface area (TPSA) is 102 Å². The van der Waals surface area contributed by atoms with Crippen molar-refractivity contribution in [3.05, 3.63) is 48.2 Å². The highest BCUT2D eigenvalue weighted by Crippen LogP contribution is 2.26. The number of carbonyl (C=O) groups is 1. The average molecular weight is 353 g/mol. The van der Waals surface area contributed by atoms with Crippen LogP contribution in [-0.2, 0) is 11.2 Å². The number of hydrogen-bond donors (Lipinski definition) is 2. The van der Waals surface area contributed by atoms with E-state index in [2.05, 4.69) is 25.8 Å². The van der Waals surface area contributed by atoms with E-state index in [1.165, 1.54) is 0 Å². The molecule has 0 spiro atoms. The van der Waals surface area contributed by atoms with Crippen molar-refractivity contribution >= 4 is 22.6 Å². The number of benzene rings is 1. The van der Waals surface area contributed by atoms with E-state index in [1.54, 1.807) is 6.20 Å². The summed E-state index contributed by atoms with van der Waals surface area (Å²) in [7, 11) is 0. The highest BCUT2D eigenvalue weighted by Gasteiger charge is 2.23. The molecule has 1 saturated heterocycles. The third-order valence-electron chi connectivity index (χ3n) is 4.20. The Morgan fingerprint density at radius 2 is 2.19 bits per heavy atom. The second-order valence-corrected chi connectivity index (χ2v) is 6.06. The van der Waals surface area contributed by atoms with E-state index in [4.69, 9.17) is 9.26 Å².